The van der Waals surface area contributed by atoms with E-state index < -0.39 is 0 Å². The molecule has 0 radical (unpaired) electrons. The van der Waals surface area contributed by atoms with Crippen molar-refractivity contribution < 1.29 is 4.79 Å². The highest BCUT2D eigenvalue weighted by atomic mass is 16.1. The van der Waals surface area contributed by atoms with Crippen LogP contribution in [-0.2, 0) is 0 Å². The summed E-state index contributed by atoms with van der Waals surface area (Å²) in [7, 11) is 0. The van der Waals surface area contributed by atoms with Gasteiger partial charge >= 0.3 is 0 Å². The molecule has 3 rings (SSSR count). The van der Waals surface area contributed by atoms with Crippen molar-refractivity contribution in [2.24, 2.45) is 0 Å². The summed E-state index contributed by atoms with van der Waals surface area (Å²) in [6.07, 6.45) is 4.65. The summed E-state index contributed by atoms with van der Waals surface area (Å²) in [4.78, 5) is 15.6. The fourth-order valence-corrected chi connectivity index (χ4v) is 2.40. The normalized spacial score (nSPS) is 10.9. The first-order valence-corrected chi connectivity index (χ1v) is 6.60. The fourth-order valence-electron chi connectivity index (χ4n) is 2.40. The van der Waals surface area contributed by atoms with Crippen LogP contribution in [0.3, 0.4) is 0 Å². The van der Waals surface area contributed by atoms with Crippen LogP contribution in [0.15, 0.2) is 36.7 Å². The summed E-state index contributed by atoms with van der Waals surface area (Å²) in [5.41, 5.74) is 7.12. The lowest BCUT2D eigenvalue weighted by molar-refractivity contribution is 0.112. The fraction of sp³-hybridized carbons (Fsp3) is 0.176. The van der Waals surface area contributed by atoms with Gasteiger partial charge in [-0.3, -0.25) is 4.79 Å². The molecule has 1 aromatic carbocycles. The molecule has 0 atom stereocenters. The van der Waals surface area contributed by atoms with E-state index in [1.807, 2.05) is 29.8 Å². The number of imidazole rings is 1. The van der Waals surface area contributed by atoms with Crippen molar-refractivity contribution in [1.29, 1.82) is 0 Å². The quantitative estimate of drug-likeness (QED) is 0.661. The molecule has 0 saturated carbocycles. The molecule has 3 heteroatoms. The first-order chi connectivity index (χ1) is 9.58. The Labute approximate surface area is 117 Å². The van der Waals surface area contributed by atoms with Gasteiger partial charge in [0.2, 0.25) is 0 Å². The van der Waals surface area contributed by atoms with Crippen LogP contribution in [0, 0.1) is 20.8 Å². The van der Waals surface area contributed by atoms with Crippen LogP contribution in [0.4, 0.5) is 0 Å². The van der Waals surface area contributed by atoms with Gasteiger partial charge in [0.25, 0.3) is 0 Å². The number of rotatable bonds is 2. The maximum absolute atomic E-state index is 10.9. The van der Waals surface area contributed by atoms with Crippen molar-refractivity contribution in [3.05, 3.63) is 58.9 Å². The molecule has 0 aliphatic heterocycles. The van der Waals surface area contributed by atoms with E-state index in [0.717, 1.165) is 28.8 Å². The lowest BCUT2D eigenvalue weighted by atomic mass is 10.1. The van der Waals surface area contributed by atoms with Crippen LogP contribution in [-0.4, -0.2) is 15.7 Å². The second-order valence-electron chi connectivity index (χ2n) is 5.23. The van der Waals surface area contributed by atoms with E-state index in [2.05, 4.69) is 37.0 Å². The molecule has 0 aliphatic rings. The smallest absolute Gasteiger partial charge is 0.151 e. The van der Waals surface area contributed by atoms with E-state index in [4.69, 9.17) is 0 Å². The van der Waals surface area contributed by atoms with Crippen LogP contribution in [0.1, 0.15) is 27.0 Å². The zero-order valence-corrected chi connectivity index (χ0v) is 11.8. The summed E-state index contributed by atoms with van der Waals surface area (Å²) < 4.78 is 1.92. The number of hydrogen-bond donors (Lipinski definition) is 0. The van der Waals surface area contributed by atoms with Gasteiger partial charge in [-0.15, -0.1) is 0 Å². The summed E-state index contributed by atoms with van der Waals surface area (Å²) >= 11 is 0. The van der Waals surface area contributed by atoms with Crippen molar-refractivity contribution in [2.75, 3.05) is 0 Å². The zero-order valence-electron chi connectivity index (χ0n) is 11.8. The first kappa shape index (κ1) is 12.6. The van der Waals surface area contributed by atoms with E-state index >= 15 is 0 Å². The van der Waals surface area contributed by atoms with Crippen molar-refractivity contribution in [1.82, 2.24) is 9.38 Å². The molecular weight excluding hydrogens is 248 g/mol. The second kappa shape index (κ2) is 4.60. The molecule has 0 N–H and O–H groups in total. The van der Waals surface area contributed by atoms with Crippen molar-refractivity contribution in [3.63, 3.8) is 0 Å². The van der Waals surface area contributed by atoms with Gasteiger partial charge in [0.15, 0.2) is 6.29 Å². The highest BCUT2D eigenvalue weighted by Gasteiger charge is 2.08. The number of fused-ring (bicyclic) bond motifs is 1. The van der Waals surface area contributed by atoms with E-state index in [1.54, 1.807) is 0 Å². The van der Waals surface area contributed by atoms with Crippen LogP contribution < -0.4 is 0 Å². The molecule has 0 fully saturated rings. The van der Waals surface area contributed by atoms with Crippen molar-refractivity contribution >= 4 is 11.9 Å². The van der Waals surface area contributed by atoms with Gasteiger partial charge in [0.1, 0.15) is 5.65 Å². The molecular formula is C17H16N2O. The lowest BCUT2D eigenvalue weighted by Gasteiger charge is -2.01. The number of hydrogen-bond acceptors (Lipinski definition) is 2. The topological polar surface area (TPSA) is 34.4 Å². The SMILES string of the molecule is Cc1ccc(-c2cn3cc(C=O)cc(C)c3n2)cc1C. The molecule has 0 spiro atoms. The Morgan fingerprint density at radius 2 is 1.80 bits per heavy atom. The molecule has 100 valence electrons. The standard InChI is InChI=1S/C17H16N2O/c1-11-4-5-15(7-12(11)2)16-9-19-8-14(10-20)6-13(3)17(19)18-16/h4-10H,1-3H3. The van der Waals surface area contributed by atoms with E-state index in [1.165, 1.54) is 11.1 Å². The predicted molar refractivity (Wildman–Crippen MR) is 80.2 cm³/mol. The van der Waals surface area contributed by atoms with Crippen LogP contribution in [0.5, 0.6) is 0 Å². The van der Waals surface area contributed by atoms with E-state index in [9.17, 15) is 4.79 Å². The monoisotopic (exact) mass is 264 g/mol. The molecule has 3 aromatic rings. The third-order valence-corrected chi connectivity index (χ3v) is 3.70. The Hall–Kier alpha value is -2.42. The number of pyridine rings is 1. The number of carbonyl (C=O) groups is 1. The summed E-state index contributed by atoms with van der Waals surface area (Å²) in [6, 6.07) is 8.20. The Bertz CT molecular complexity index is 815. The minimum absolute atomic E-state index is 0.666. The first-order valence-electron chi connectivity index (χ1n) is 6.60. The molecule has 2 aromatic heterocycles. The average Bonchev–Trinajstić information content (AvgIpc) is 2.86. The summed E-state index contributed by atoms with van der Waals surface area (Å²) in [5, 5.41) is 0. The molecule has 0 aliphatic carbocycles. The highest BCUT2D eigenvalue weighted by Crippen LogP contribution is 2.23. The lowest BCUT2D eigenvalue weighted by Crippen LogP contribution is -1.91. The molecule has 3 nitrogen and oxygen atoms in total. The van der Waals surface area contributed by atoms with Gasteiger partial charge in [0, 0.05) is 23.5 Å². The van der Waals surface area contributed by atoms with Gasteiger partial charge in [-0.2, -0.15) is 0 Å². The predicted octanol–water partition coefficient (Wildman–Crippen LogP) is 3.74. The Balaban J connectivity index is 2.19. The molecule has 20 heavy (non-hydrogen) atoms. The van der Waals surface area contributed by atoms with Gasteiger partial charge in [-0.25, -0.2) is 4.98 Å². The minimum atomic E-state index is 0.666. The molecule has 0 amide bonds. The third kappa shape index (κ3) is 2.01. The third-order valence-electron chi connectivity index (χ3n) is 3.70. The highest BCUT2D eigenvalue weighted by molar-refractivity contribution is 5.76. The maximum atomic E-state index is 10.9. The van der Waals surface area contributed by atoms with Gasteiger partial charge < -0.3 is 4.40 Å². The van der Waals surface area contributed by atoms with E-state index in [-0.39, 0.29) is 0 Å². The number of nitrogens with zero attached hydrogens (tertiary/aromatic N) is 2. The number of carbonyl (C=O) groups excluding carboxylic acids is 1. The Kier molecular flexibility index (Phi) is 2.90. The van der Waals surface area contributed by atoms with Crippen molar-refractivity contribution in [3.8, 4) is 11.3 Å². The minimum Gasteiger partial charge on any atom is -0.306 e. The van der Waals surface area contributed by atoms with Crippen LogP contribution in [0.2, 0.25) is 0 Å². The summed E-state index contributed by atoms with van der Waals surface area (Å²) in [6.45, 7) is 6.17. The largest absolute Gasteiger partial charge is 0.306 e. The maximum Gasteiger partial charge on any atom is 0.151 e. The summed E-state index contributed by atoms with van der Waals surface area (Å²) in [5.74, 6) is 0. The molecule has 0 unspecified atom stereocenters. The number of benzene rings is 1. The molecule has 2 heterocycles. The molecule has 0 bridgehead atoms. The van der Waals surface area contributed by atoms with Crippen LogP contribution >= 0.6 is 0 Å². The zero-order chi connectivity index (χ0) is 14.3. The van der Waals surface area contributed by atoms with Gasteiger partial charge in [-0.1, -0.05) is 12.1 Å². The molecule has 0 saturated heterocycles. The van der Waals surface area contributed by atoms with Crippen LogP contribution in [0.25, 0.3) is 16.9 Å². The Morgan fingerprint density at radius 1 is 1.00 bits per heavy atom. The Morgan fingerprint density at radius 3 is 2.50 bits per heavy atom. The number of aryl methyl sites for hydroxylation is 3. The number of aromatic nitrogens is 2. The average molecular weight is 264 g/mol. The van der Waals surface area contributed by atoms with Gasteiger partial charge in [0.05, 0.1) is 5.69 Å². The van der Waals surface area contributed by atoms with Crippen molar-refractivity contribution in [2.45, 2.75) is 20.8 Å². The second-order valence-corrected chi connectivity index (χ2v) is 5.23. The van der Waals surface area contributed by atoms with Gasteiger partial charge in [-0.05, 0) is 49.6 Å². The number of aldehydes is 1. The van der Waals surface area contributed by atoms with E-state index in [0.29, 0.717) is 5.56 Å².